The number of nitrogens with zero attached hydrogens (tertiary/aromatic N) is 1. The first-order chi connectivity index (χ1) is 28.7. The molecule has 0 radical (unpaired) electrons. The molecule has 7 amide bonds. The fourth-order valence-corrected chi connectivity index (χ4v) is 6.16. The van der Waals surface area contributed by atoms with Crippen LogP contribution in [0.15, 0.2) is 66.7 Å². The minimum atomic E-state index is -1.20. The van der Waals surface area contributed by atoms with E-state index in [-0.39, 0.29) is 63.5 Å². The standard InChI is InChI=1S/C41H54N10O9/c1-24-38(57)50-33(18-26-9-13-30(52)14-10-26)40(59)45-17-4-3-8-32(37(42)56)49-41(60)34(19-27-11-15-31(53)16-12-27)51-39(58)25(2)47-36(55)23-44-21-29-7-5-6-28(48-29)20-43-22-35(54)46-24/h5-7,9-16,24-25,32-34,43-44,52-53H,3-4,8,17-23H2,1-2H3,(H2,42,56)(H,45,59)(H,46,54)(H,47,55)(H,49,60)(H,50,57)(H,51,58)/t24-,25-,32?,33-,34-/m0/s1. The summed E-state index contributed by atoms with van der Waals surface area (Å²) in [5.74, 6) is -4.26. The number of aromatic hydroxyl groups is 2. The first-order valence-electron chi connectivity index (χ1n) is 19.7. The number of aromatic nitrogens is 1. The number of pyridine rings is 1. The zero-order valence-corrected chi connectivity index (χ0v) is 33.6. The van der Waals surface area contributed by atoms with Crippen molar-refractivity contribution in [2.24, 2.45) is 5.73 Å². The van der Waals surface area contributed by atoms with E-state index >= 15 is 0 Å². The Morgan fingerprint density at radius 2 is 1.08 bits per heavy atom. The van der Waals surface area contributed by atoms with E-state index in [1.165, 1.54) is 38.1 Å². The number of nitrogens with one attached hydrogen (secondary N) is 8. The zero-order chi connectivity index (χ0) is 43.6. The van der Waals surface area contributed by atoms with Crippen LogP contribution >= 0.6 is 0 Å². The predicted molar refractivity (Wildman–Crippen MR) is 218 cm³/mol. The SMILES string of the molecule is C[C@@H]1NC(=O)CNCc2cccc(n2)CNCC(=O)N[C@@H](C)C(=O)N[C@@H](Cc2ccc(O)cc2)C(=O)NC(C(N)=O)CCCCNC(=O)[C@H](Cc2ccc(O)cc2)NC1=O. The second-order valence-electron chi connectivity index (χ2n) is 14.5. The van der Waals surface area contributed by atoms with Gasteiger partial charge in [-0.3, -0.25) is 38.5 Å². The molecule has 0 spiro atoms. The van der Waals surface area contributed by atoms with E-state index in [1.807, 2.05) is 0 Å². The van der Waals surface area contributed by atoms with Crippen molar-refractivity contribution in [3.05, 3.63) is 89.2 Å². The van der Waals surface area contributed by atoms with Crippen molar-refractivity contribution in [2.45, 2.75) is 89.3 Å². The van der Waals surface area contributed by atoms with Crippen LogP contribution in [-0.2, 0) is 59.5 Å². The molecule has 1 aromatic heterocycles. The average Bonchev–Trinajstić information content (AvgIpc) is 3.20. The van der Waals surface area contributed by atoms with Gasteiger partial charge in [-0.15, -0.1) is 0 Å². The lowest BCUT2D eigenvalue weighted by Gasteiger charge is -2.24. The summed E-state index contributed by atoms with van der Waals surface area (Å²) in [5, 5.41) is 41.4. The first-order valence-corrected chi connectivity index (χ1v) is 19.7. The molecule has 3 aromatic rings. The third-order valence-electron chi connectivity index (χ3n) is 9.49. The van der Waals surface area contributed by atoms with Gasteiger partial charge in [-0.2, -0.15) is 0 Å². The fraction of sp³-hybridized carbons (Fsp3) is 0.415. The maximum absolute atomic E-state index is 13.6. The molecular formula is C41H54N10O9. The minimum Gasteiger partial charge on any atom is -0.508 e. The van der Waals surface area contributed by atoms with Crippen LogP contribution in [0.5, 0.6) is 11.5 Å². The number of amides is 7. The summed E-state index contributed by atoms with van der Waals surface area (Å²) in [7, 11) is 0. The Bertz CT molecular complexity index is 1960. The van der Waals surface area contributed by atoms with Crippen molar-refractivity contribution < 1.29 is 43.8 Å². The molecule has 19 nitrogen and oxygen atoms in total. The van der Waals surface area contributed by atoms with Crippen LogP contribution in [0.4, 0.5) is 0 Å². The lowest BCUT2D eigenvalue weighted by molar-refractivity contribution is -0.133. The lowest BCUT2D eigenvalue weighted by Crippen LogP contribution is -2.56. The van der Waals surface area contributed by atoms with Gasteiger partial charge < -0.3 is 58.5 Å². The van der Waals surface area contributed by atoms with Gasteiger partial charge in [0.1, 0.15) is 41.7 Å². The van der Waals surface area contributed by atoms with E-state index in [1.54, 1.807) is 42.5 Å². The Hall–Kier alpha value is -6.60. The summed E-state index contributed by atoms with van der Waals surface area (Å²) >= 11 is 0. The van der Waals surface area contributed by atoms with Crippen molar-refractivity contribution in [2.75, 3.05) is 19.6 Å². The van der Waals surface area contributed by atoms with Gasteiger partial charge in [0, 0.05) is 32.5 Å². The largest absolute Gasteiger partial charge is 0.508 e. The normalized spacial score (nSPS) is 22.7. The Labute approximate surface area is 347 Å². The molecule has 1 aliphatic heterocycles. The van der Waals surface area contributed by atoms with Crippen molar-refractivity contribution in [3.8, 4) is 11.5 Å². The number of phenolic OH excluding ortho intramolecular Hbond substituents is 2. The second kappa shape index (κ2) is 23.1. The summed E-state index contributed by atoms with van der Waals surface area (Å²) in [4.78, 5) is 96.1. The molecule has 1 unspecified atom stereocenters. The maximum atomic E-state index is 13.6. The topological polar surface area (TPSA) is 295 Å². The van der Waals surface area contributed by atoms with Crippen molar-refractivity contribution >= 4 is 41.4 Å². The smallest absolute Gasteiger partial charge is 0.243 e. The lowest BCUT2D eigenvalue weighted by atomic mass is 10.0. The van der Waals surface area contributed by atoms with Crippen LogP contribution in [0.25, 0.3) is 0 Å². The maximum Gasteiger partial charge on any atom is 0.243 e. The quantitative estimate of drug-likeness (QED) is 0.139. The Morgan fingerprint density at radius 3 is 1.55 bits per heavy atom. The number of hydrogen-bond acceptors (Lipinski definition) is 12. The Balaban J connectivity index is 1.50. The number of benzene rings is 2. The third kappa shape index (κ3) is 15.6. The van der Waals surface area contributed by atoms with Gasteiger partial charge >= 0.3 is 0 Å². The van der Waals surface area contributed by atoms with E-state index in [9.17, 15) is 43.8 Å². The molecule has 4 rings (SSSR count). The van der Waals surface area contributed by atoms with Crippen molar-refractivity contribution in [1.29, 1.82) is 0 Å². The highest BCUT2D eigenvalue weighted by Crippen LogP contribution is 2.14. The number of fused-ring (bicyclic) bond motifs is 2. The molecule has 19 heteroatoms. The molecule has 2 heterocycles. The van der Waals surface area contributed by atoms with Gasteiger partial charge in [0.15, 0.2) is 0 Å². The van der Waals surface area contributed by atoms with E-state index in [4.69, 9.17) is 5.73 Å². The number of carbonyl (C=O) groups excluding carboxylic acids is 7. The summed E-state index contributed by atoms with van der Waals surface area (Å²) in [5.41, 5.74) is 8.11. The van der Waals surface area contributed by atoms with Crippen LogP contribution in [0.2, 0.25) is 0 Å². The van der Waals surface area contributed by atoms with E-state index in [0.29, 0.717) is 35.4 Å². The van der Waals surface area contributed by atoms with Crippen LogP contribution in [-0.4, -0.2) is 106 Å². The number of hydrogen-bond donors (Lipinski definition) is 11. The van der Waals surface area contributed by atoms with Crippen LogP contribution in [0.3, 0.4) is 0 Å². The molecule has 12 N–H and O–H groups in total. The molecule has 0 saturated carbocycles. The molecule has 1 aliphatic rings. The highest BCUT2D eigenvalue weighted by Gasteiger charge is 2.29. The first kappa shape index (κ1) is 46.1. The minimum absolute atomic E-state index is 0.00133. The molecule has 5 atom stereocenters. The van der Waals surface area contributed by atoms with Crippen LogP contribution < -0.4 is 48.3 Å². The summed E-state index contributed by atoms with van der Waals surface area (Å²) in [6, 6.07) is 12.0. The molecule has 0 aliphatic carbocycles. The number of phenols is 2. The van der Waals surface area contributed by atoms with Gasteiger partial charge in [-0.05, 0) is 80.6 Å². The van der Waals surface area contributed by atoms with E-state index < -0.39 is 71.6 Å². The molecule has 322 valence electrons. The van der Waals surface area contributed by atoms with Gasteiger partial charge in [0.05, 0.1) is 24.5 Å². The monoisotopic (exact) mass is 830 g/mol. The van der Waals surface area contributed by atoms with Gasteiger partial charge in [-0.25, -0.2) is 0 Å². The van der Waals surface area contributed by atoms with E-state index in [2.05, 4.69) is 47.5 Å². The van der Waals surface area contributed by atoms with Crippen LogP contribution in [0.1, 0.15) is 55.6 Å². The average molecular weight is 831 g/mol. The van der Waals surface area contributed by atoms with Gasteiger partial charge in [0.25, 0.3) is 0 Å². The summed E-state index contributed by atoms with van der Waals surface area (Å²) in [6.45, 7) is 3.21. The van der Waals surface area contributed by atoms with Gasteiger partial charge in [0.2, 0.25) is 41.4 Å². The number of nitrogens with two attached hydrogens (primary N) is 1. The molecule has 0 fully saturated rings. The predicted octanol–water partition coefficient (Wildman–Crippen LogP) is -1.59. The third-order valence-corrected chi connectivity index (χ3v) is 9.49. The molecule has 2 aromatic carbocycles. The highest BCUT2D eigenvalue weighted by atomic mass is 16.3. The second-order valence-corrected chi connectivity index (χ2v) is 14.5. The number of rotatable bonds is 5. The molecular weight excluding hydrogens is 777 g/mol. The molecule has 60 heavy (non-hydrogen) atoms. The van der Waals surface area contributed by atoms with Crippen molar-refractivity contribution in [3.63, 3.8) is 0 Å². The number of carbonyl (C=O) groups is 7. The highest BCUT2D eigenvalue weighted by molar-refractivity contribution is 5.94. The van der Waals surface area contributed by atoms with E-state index in [0.717, 1.165) is 0 Å². The summed E-state index contributed by atoms with van der Waals surface area (Å²) < 4.78 is 0. The van der Waals surface area contributed by atoms with Crippen LogP contribution in [0, 0.1) is 0 Å². The molecule has 2 bridgehead atoms. The Kier molecular flexibility index (Phi) is 17.8. The molecule has 0 saturated heterocycles. The Morgan fingerprint density at radius 1 is 0.617 bits per heavy atom. The van der Waals surface area contributed by atoms with Gasteiger partial charge in [-0.1, -0.05) is 30.3 Å². The van der Waals surface area contributed by atoms with Crippen molar-refractivity contribution in [1.82, 2.24) is 47.5 Å². The zero-order valence-electron chi connectivity index (χ0n) is 33.6. The number of primary amides is 1. The summed E-state index contributed by atoms with van der Waals surface area (Å²) in [6.07, 6.45) is 0.823. The fourth-order valence-electron chi connectivity index (χ4n) is 6.16.